The Morgan fingerprint density at radius 3 is 2.52 bits per heavy atom. The lowest BCUT2D eigenvalue weighted by Crippen LogP contribution is -3.16. The Kier molecular flexibility index (Phi) is 4.24. The van der Waals surface area contributed by atoms with Gasteiger partial charge >= 0.3 is 0 Å². The molecular weight excluding hydrogens is 308 g/mol. The van der Waals surface area contributed by atoms with Crippen molar-refractivity contribution in [3.8, 4) is 0 Å². The normalized spacial score (nSPS) is 17.7. The second-order valence-electron chi connectivity index (χ2n) is 6.88. The largest absolute Gasteiger partial charge is 0.321 e. The van der Waals surface area contributed by atoms with Gasteiger partial charge in [-0.05, 0) is 35.4 Å². The Morgan fingerprint density at radius 1 is 0.960 bits per heavy atom. The van der Waals surface area contributed by atoms with Crippen molar-refractivity contribution in [3.63, 3.8) is 0 Å². The molecule has 0 saturated heterocycles. The maximum Gasteiger partial charge on any atom is 0.282 e. The molecule has 126 valence electrons. The number of anilines is 1. The molecule has 3 nitrogen and oxygen atoms in total. The summed E-state index contributed by atoms with van der Waals surface area (Å²) in [5, 5.41) is 5.43. The van der Waals surface area contributed by atoms with Gasteiger partial charge in [0.05, 0.1) is 6.54 Å². The minimum Gasteiger partial charge on any atom is -0.321 e. The Hall–Kier alpha value is -2.65. The number of hydrogen-bond acceptors (Lipinski definition) is 1. The zero-order valence-corrected chi connectivity index (χ0v) is 14.5. The number of nitrogens with one attached hydrogen (secondary N) is 2. The van der Waals surface area contributed by atoms with Crippen LogP contribution in [0.5, 0.6) is 0 Å². The van der Waals surface area contributed by atoms with E-state index in [1.165, 1.54) is 21.4 Å². The van der Waals surface area contributed by atoms with E-state index in [9.17, 15) is 4.79 Å². The fraction of sp³-hybridized carbons (Fsp3) is 0.227. The molecule has 3 aromatic carbocycles. The predicted octanol–water partition coefficient (Wildman–Crippen LogP) is 2.81. The first-order valence-electron chi connectivity index (χ1n) is 8.92. The summed E-state index contributed by atoms with van der Waals surface area (Å²) >= 11 is 0. The Labute approximate surface area is 148 Å². The smallest absolute Gasteiger partial charge is 0.282 e. The minimum atomic E-state index is -0.0696. The van der Waals surface area contributed by atoms with Gasteiger partial charge in [-0.25, -0.2) is 0 Å². The molecule has 0 saturated carbocycles. The molecule has 0 bridgehead atoms. The lowest BCUT2D eigenvalue weighted by molar-refractivity contribution is -0.929. The molecule has 0 aromatic heterocycles. The first-order chi connectivity index (χ1) is 12.2. The van der Waals surface area contributed by atoms with Crippen LogP contribution in [0.2, 0.25) is 0 Å². The average molecular weight is 331 g/mol. The van der Waals surface area contributed by atoms with E-state index in [0.717, 1.165) is 30.6 Å². The fourth-order valence-electron chi connectivity index (χ4n) is 3.67. The SMILES string of the molecule is C[C@H](C(=O)Nc1ccc2ccccc2c1)[NH+]1CCc2ccccc2C1. The van der Waals surface area contributed by atoms with Gasteiger partial charge in [0.25, 0.3) is 5.91 Å². The van der Waals surface area contributed by atoms with Gasteiger partial charge in [0.15, 0.2) is 6.04 Å². The Bertz CT molecular complexity index is 919. The summed E-state index contributed by atoms with van der Waals surface area (Å²) in [7, 11) is 0. The number of fused-ring (bicyclic) bond motifs is 2. The van der Waals surface area contributed by atoms with E-state index >= 15 is 0 Å². The van der Waals surface area contributed by atoms with Gasteiger partial charge in [-0.3, -0.25) is 4.79 Å². The highest BCUT2D eigenvalue weighted by Crippen LogP contribution is 2.19. The first kappa shape index (κ1) is 15.9. The molecule has 0 aliphatic carbocycles. The number of carbonyl (C=O) groups excluding carboxylic acids is 1. The lowest BCUT2D eigenvalue weighted by Gasteiger charge is -2.30. The summed E-state index contributed by atoms with van der Waals surface area (Å²) in [6, 6.07) is 22.8. The lowest BCUT2D eigenvalue weighted by atomic mass is 9.98. The van der Waals surface area contributed by atoms with Crippen molar-refractivity contribution in [1.29, 1.82) is 0 Å². The van der Waals surface area contributed by atoms with Gasteiger partial charge in [0.1, 0.15) is 6.54 Å². The van der Waals surface area contributed by atoms with Gasteiger partial charge in [-0.1, -0.05) is 54.6 Å². The van der Waals surface area contributed by atoms with Gasteiger partial charge in [0, 0.05) is 17.7 Å². The number of benzene rings is 3. The fourth-order valence-corrected chi connectivity index (χ4v) is 3.67. The second-order valence-corrected chi connectivity index (χ2v) is 6.88. The van der Waals surface area contributed by atoms with Gasteiger partial charge in [0.2, 0.25) is 0 Å². The van der Waals surface area contributed by atoms with Crippen LogP contribution in [0.25, 0.3) is 10.8 Å². The van der Waals surface area contributed by atoms with E-state index < -0.39 is 0 Å². The van der Waals surface area contributed by atoms with Crippen LogP contribution in [-0.4, -0.2) is 18.5 Å². The molecule has 1 amide bonds. The predicted molar refractivity (Wildman–Crippen MR) is 102 cm³/mol. The summed E-state index contributed by atoms with van der Waals surface area (Å²) in [5.41, 5.74) is 3.66. The van der Waals surface area contributed by atoms with E-state index in [1.54, 1.807) is 0 Å². The standard InChI is InChI=1S/C22H22N2O/c1-16(24-13-12-18-7-3-5-9-20(18)15-24)22(25)23-21-11-10-17-6-2-4-8-19(17)14-21/h2-11,14,16H,12-13,15H2,1H3,(H,23,25)/p+1/t16-/m1/s1. The van der Waals surface area contributed by atoms with Crippen LogP contribution in [0.1, 0.15) is 18.1 Å². The second kappa shape index (κ2) is 6.69. The van der Waals surface area contributed by atoms with Gasteiger partial charge < -0.3 is 10.2 Å². The quantitative estimate of drug-likeness (QED) is 0.760. The highest BCUT2D eigenvalue weighted by molar-refractivity contribution is 5.96. The topological polar surface area (TPSA) is 33.5 Å². The molecule has 25 heavy (non-hydrogen) atoms. The van der Waals surface area contributed by atoms with Crippen molar-refractivity contribution in [2.75, 3.05) is 11.9 Å². The summed E-state index contributed by atoms with van der Waals surface area (Å²) in [6.07, 6.45) is 1.04. The van der Waals surface area contributed by atoms with Crippen LogP contribution < -0.4 is 10.2 Å². The number of amides is 1. The van der Waals surface area contributed by atoms with Crippen molar-refractivity contribution in [2.24, 2.45) is 0 Å². The van der Waals surface area contributed by atoms with Crippen molar-refractivity contribution in [2.45, 2.75) is 25.9 Å². The number of carbonyl (C=O) groups is 1. The van der Waals surface area contributed by atoms with Crippen molar-refractivity contribution < 1.29 is 9.69 Å². The number of quaternary nitrogens is 1. The van der Waals surface area contributed by atoms with Crippen molar-refractivity contribution in [3.05, 3.63) is 77.9 Å². The third-order valence-corrected chi connectivity index (χ3v) is 5.27. The van der Waals surface area contributed by atoms with Crippen LogP contribution >= 0.6 is 0 Å². The van der Waals surface area contributed by atoms with Crippen LogP contribution in [0, 0.1) is 0 Å². The van der Waals surface area contributed by atoms with E-state index in [0.29, 0.717) is 0 Å². The maximum absolute atomic E-state index is 12.7. The summed E-state index contributed by atoms with van der Waals surface area (Å²) < 4.78 is 0. The molecular formula is C22H23N2O+. The Morgan fingerprint density at radius 2 is 1.68 bits per heavy atom. The van der Waals surface area contributed by atoms with Crippen LogP contribution in [0.4, 0.5) is 5.69 Å². The van der Waals surface area contributed by atoms with Crippen molar-refractivity contribution in [1.82, 2.24) is 0 Å². The molecule has 4 rings (SSSR count). The highest BCUT2D eigenvalue weighted by atomic mass is 16.2. The summed E-state index contributed by atoms with van der Waals surface area (Å²) in [4.78, 5) is 14.1. The van der Waals surface area contributed by atoms with Crippen LogP contribution in [0.3, 0.4) is 0 Å². The molecule has 1 aliphatic heterocycles. The molecule has 0 spiro atoms. The van der Waals surface area contributed by atoms with E-state index in [4.69, 9.17) is 0 Å². The molecule has 1 aliphatic rings. The van der Waals surface area contributed by atoms with Crippen LogP contribution in [-0.2, 0) is 17.8 Å². The number of hydrogen-bond donors (Lipinski definition) is 2. The molecule has 3 heteroatoms. The molecule has 0 fully saturated rings. The number of rotatable bonds is 3. The average Bonchev–Trinajstić information content (AvgIpc) is 2.67. The van der Waals surface area contributed by atoms with Crippen LogP contribution in [0.15, 0.2) is 66.7 Å². The highest BCUT2D eigenvalue weighted by Gasteiger charge is 2.28. The van der Waals surface area contributed by atoms with E-state index in [-0.39, 0.29) is 11.9 Å². The zero-order valence-electron chi connectivity index (χ0n) is 14.5. The van der Waals surface area contributed by atoms with Gasteiger partial charge in [-0.2, -0.15) is 0 Å². The van der Waals surface area contributed by atoms with E-state index in [1.807, 2.05) is 31.2 Å². The minimum absolute atomic E-state index is 0.0696. The molecule has 1 unspecified atom stereocenters. The molecule has 3 aromatic rings. The summed E-state index contributed by atoms with van der Waals surface area (Å²) in [6.45, 7) is 3.95. The third kappa shape index (κ3) is 3.28. The van der Waals surface area contributed by atoms with Crippen molar-refractivity contribution >= 4 is 22.4 Å². The Balaban J connectivity index is 1.47. The maximum atomic E-state index is 12.7. The van der Waals surface area contributed by atoms with E-state index in [2.05, 4.69) is 47.8 Å². The monoisotopic (exact) mass is 331 g/mol. The first-order valence-corrected chi connectivity index (χ1v) is 8.92. The molecule has 2 atom stereocenters. The summed E-state index contributed by atoms with van der Waals surface area (Å²) in [5.74, 6) is 0.0877. The molecule has 1 heterocycles. The zero-order chi connectivity index (χ0) is 17.2. The third-order valence-electron chi connectivity index (χ3n) is 5.27. The molecule has 0 radical (unpaired) electrons. The molecule has 2 N–H and O–H groups in total. The van der Waals surface area contributed by atoms with Gasteiger partial charge in [-0.15, -0.1) is 0 Å².